The molecule has 0 amide bonds. The zero-order chi connectivity index (χ0) is 22.4. The van der Waals surface area contributed by atoms with Gasteiger partial charge in [-0.2, -0.15) is 5.10 Å². The Balaban J connectivity index is 1.63. The summed E-state index contributed by atoms with van der Waals surface area (Å²) < 4.78 is 27.9. The van der Waals surface area contributed by atoms with Crippen molar-refractivity contribution >= 4 is 28.3 Å². The van der Waals surface area contributed by atoms with Crippen LogP contribution in [0.2, 0.25) is 0 Å². The number of nitrogen functional groups attached to an aromatic ring is 2. The summed E-state index contributed by atoms with van der Waals surface area (Å²) in [6, 6.07) is 2.48. The van der Waals surface area contributed by atoms with Gasteiger partial charge in [-0.05, 0) is 38.3 Å². The number of anilines is 2. The number of carbonyl (C=O) groups excluding carboxylic acids is 1. The summed E-state index contributed by atoms with van der Waals surface area (Å²) in [5, 5.41) is 8.64. The molecule has 0 saturated carbocycles. The number of Topliss-reactive ketones (excluding diaryl/α,β-unsaturated/α-hetero) is 1. The summed E-state index contributed by atoms with van der Waals surface area (Å²) in [5.74, 6) is -0.850. The fourth-order valence-electron chi connectivity index (χ4n) is 4.02. The van der Waals surface area contributed by atoms with E-state index < -0.39 is 5.82 Å². The van der Waals surface area contributed by atoms with Crippen molar-refractivity contribution in [1.82, 2.24) is 19.9 Å². The third kappa shape index (κ3) is 3.28. The molecule has 1 aromatic carbocycles. The number of hydrogen-bond donors (Lipinski definition) is 2. The fourth-order valence-corrected chi connectivity index (χ4v) is 4.02. The van der Waals surface area contributed by atoms with Crippen LogP contribution in [0, 0.1) is 5.82 Å². The molecule has 10 heteroatoms. The summed E-state index contributed by atoms with van der Waals surface area (Å²) in [6.07, 6.45) is 7.98. The van der Waals surface area contributed by atoms with Crippen LogP contribution in [-0.2, 0) is 4.74 Å². The zero-order valence-corrected chi connectivity index (χ0v) is 17.3. The Hall–Kier alpha value is -3.79. The number of nitrogens with zero attached hydrogens (tertiary/aromatic N) is 4. The highest BCUT2D eigenvalue weighted by atomic mass is 19.1. The number of hydrogen-bond acceptors (Lipinski definition) is 8. The maximum atomic E-state index is 14.8. The molecule has 0 aliphatic carbocycles. The van der Waals surface area contributed by atoms with Gasteiger partial charge in [0.2, 0.25) is 0 Å². The maximum absolute atomic E-state index is 14.8. The van der Waals surface area contributed by atoms with Crippen LogP contribution in [0.4, 0.5) is 15.9 Å². The van der Waals surface area contributed by atoms with E-state index >= 15 is 0 Å². The van der Waals surface area contributed by atoms with Crippen LogP contribution in [0.25, 0.3) is 33.4 Å². The van der Waals surface area contributed by atoms with E-state index in [0.717, 1.165) is 30.9 Å². The molecule has 1 aliphatic rings. The first-order valence-electron chi connectivity index (χ1n) is 10.2. The van der Waals surface area contributed by atoms with Gasteiger partial charge in [-0.3, -0.25) is 9.78 Å². The number of ether oxygens (including phenoxy) is 1. The van der Waals surface area contributed by atoms with Crippen molar-refractivity contribution in [3.8, 4) is 22.4 Å². The first-order valence-corrected chi connectivity index (χ1v) is 10.2. The Morgan fingerprint density at radius 2 is 2.06 bits per heavy atom. The Kier molecular flexibility index (Phi) is 4.86. The second-order valence-corrected chi connectivity index (χ2v) is 7.80. The molecule has 1 unspecified atom stereocenters. The van der Waals surface area contributed by atoms with Crippen molar-refractivity contribution in [1.29, 1.82) is 0 Å². The van der Waals surface area contributed by atoms with Crippen LogP contribution in [0.1, 0.15) is 42.8 Å². The number of carbonyl (C=O) groups is 1. The Morgan fingerprint density at radius 3 is 2.81 bits per heavy atom. The summed E-state index contributed by atoms with van der Waals surface area (Å²) in [4.78, 5) is 16.4. The SMILES string of the molecule is CC(=O)c1cc(-c2ncc(-c3cnn(C4CCCCO4)c3)c3onc(N)c23)c(F)cc1N. The summed E-state index contributed by atoms with van der Waals surface area (Å²) in [6.45, 7) is 2.06. The number of ketones is 1. The van der Waals surface area contributed by atoms with Crippen LogP contribution in [-0.4, -0.2) is 32.3 Å². The Morgan fingerprint density at radius 1 is 1.22 bits per heavy atom. The van der Waals surface area contributed by atoms with E-state index in [2.05, 4.69) is 15.2 Å². The highest BCUT2D eigenvalue weighted by Gasteiger charge is 2.23. The lowest BCUT2D eigenvalue weighted by Crippen LogP contribution is -2.18. The number of rotatable bonds is 4. The molecule has 1 saturated heterocycles. The maximum Gasteiger partial charge on any atom is 0.180 e. The van der Waals surface area contributed by atoms with Gasteiger partial charge in [0.15, 0.2) is 17.2 Å². The minimum atomic E-state index is -0.628. The van der Waals surface area contributed by atoms with Gasteiger partial charge >= 0.3 is 0 Å². The van der Waals surface area contributed by atoms with E-state index in [-0.39, 0.29) is 40.3 Å². The Bertz CT molecular complexity index is 1340. The molecule has 3 aromatic heterocycles. The van der Waals surface area contributed by atoms with E-state index in [9.17, 15) is 9.18 Å². The second-order valence-electron chi connectivity index (χ2n) is 7.80. The summed E-state index contributed by atoms with van der Waals surface area (Å²) in [7, 11) is 0. The van der Waals surface area contributed by atoms with E-state index in [1.165, 1.54) is 13.0 Å². The number of pyridine rings is 1. The van der Waals surface area contributed by atoms with Gasteiger partial charge in [-0.1, -0.05) is 5.16 Å². The monoisotopic (exact) mass is 436 g/mol. The third-order valence-corrected chi connectivity index (χ3v) is 5.66. The molecular weight excluding hydrogens is 415 g/mol. The van der Waals surface area contributed by atoms with Crippen LogP contribution >= 0.6 is 0 Å². The van der Waals surface area contributed by atoms with Crippen LogP contribution in [0.3, 0.4) is 0 Å². The fraction of sp³-hybridized carbons (Fsp3) is 0.273. The molecule has 0 spiro atoms. The predicted molar refractivity (Wildman–Crippen MR) is 116 cm³/mol. The molecule has 164 valence electrons. The lowest BCUT2D eigenvalue weighted by Gasteiger charge is -2.22. The normalized spacial score (nSPS) is 16.5. The number of halogens is 1. The average Bonchev–Trinajstić information content (AvgIpc) is 3.42. The quantitative estimate of drug-likeness (QED) is 0.362. The van der Waals surface area contributed by atoms with Crippen molar-refractivity contribution in [2.75, 3.05) is 18.1 Å². The summed E-state index contributed by atoms with van der Waals surface area (Å²) in [5.41, 5.74) is 14.1. The highest BCUT2D eigenvalue weighted by molar-refractivity contribution is 6.06. The van der Waals surface area contributed by atoms with E-state index in [1.807, 2.05) is 6.20 Å². The van der Waals surface area contributed by atoms with Crippen LogP contribution < -0.4 is 11.5 Å². The molecule has 1 fully saturated rings. The molecule has 9 nitrogen and oxygen atoms in total. The van der Waals surface area contributed by atoms with Crippen molar-refractivity contribution < 1.29 is 18.4 Å². The van der Waals surface area contributed by atoms with Crippen molar-refractivity contribution in [2.45, 2.75) is 32.4 Å². The van der Waals surface area contributed by atoms with Crippen LogP contribution in [0.5, 0.6) is 0 Å². The zero-order valence-electron chi connectivity index (χ0n) is 17.3. The van der Waals surface area contributed by atoms with Gasteiger partial charge in [0.1, 0.15) is 12.0 Å². The largest absolute Gasteiger partial charge is 0.398 e. The third-order valence-electron chi connectivity index (χ3n) is 5.66. The number of benzene rings is 1. The molecule has 4 aromatic rings. The minimum Gasteiger partial charge on any atom is -0.398 e. The predicted octanol–water partition coefficient (Wildman–Crippen LogP) is 3.96. The van der Waals surface area contributed by atoms with Gasteiger partial charge in [0, 0.05) is 46.9 Å². The Labute approximate surface area is 182 Å². The first-order chi connectivity index (χ1) is 15.4. The first kappa shape index (κ1) is 20.1. The minimum absolute atomic E-state index is 0.0576. The van der Waals surface area contributed by atoms with Crippen molar-refractivity contribution in [2.24, 2.45) is 0 Å². The van der Waals surface area contributed by atoms with E-state index in [0.29, 0.717) is 23.1 Å². The molecule has 32 heavy (non-hydrogen) atoms. The number of nitrogens with two attached hydrogens (primary N) is 2. The topological polar surface area (TPSA) is 135 Å². The highest BCUT2D eigenvalue weighted by Crippen LogP contribution is 2.39. The smallest absolute Gasteiger partial charge is 0.180 e. The number of fused-ring (bicyclic) bond motifs is 1. The summed E-state index contributed by atoms with van der Waals surface area (Å²) >= 11 is 0. The van der Waals surface area contributed by atoms with Gasteiger partial charge < -0.3 is 20.7 Å². The van der Waals surface area contributed by atoms with Gasteiger partial charge in [0.25, 0.3) is 0 Å². The van der Waals surface area contributed by atoms with E-state index in [1.54, 1.807) is 17.1 Å². The molecule has 4 heterocycles. The molecule has 4 N–H and O–H groups in total. The lowest BCUT2D eigenvalue weighted by atomic mass is 9.99. The molecule has 0 radical (unpaired) electrons. The molecule has 0 bridgehead atoms. The van der Waals surface area contributed by atoms with Gasteiger partial charge in [0.05, 0.1) is 17.3 Å². The lowest BCUT2D eigenvalue weighted by molar-refractivity contribution is -0.0394. The average molecular weight is 436 g/mol. The molecule has 1 aliphatic heterocycles. The molecule has 5 rings (SSSR count). The molecular formula is C22H21FN6O3. The second kappa shape index (κ2) is 7.72. The molecule has 1 atom stereocenters. The van der Waals surface area contributed by atoms with Gasteiger partial charge in [-0.25, -0.2) is 9.07 Å². The number of aromatic nitrogens is 4. The van der Waals surface area contributed by atoms with Crippen molar-refractivity contribution in [3.05, 3.63) is 42.1 Å². The van der Waals surface area contributed by atoms with Gasteiger partial charge in [-0.15, -0.1) is 0 Å². The van der Waals surface area contributed by atoms with Crippen molar-refractivity contribution in [3.63, 3.8) is 0 Å². The standard InChI is InChI=1S/C22H21FN6O3/c1-11(30)13-6-14(16(23)7-17(13)24)20-19-21(32-28-22(19)25)15(9-26-20)12-8-27-29(10-12)18-4-2-3-5-31-18/h6-10,18H,2-5,24H2,1H3,(H2,25,28). The van der Waals surface area contributed by atoms with Crippen LogP contribution in [0.15, 0.2) is 35.2 Å². The van der Waals surface area contributed by atoms with E-state index in [4.69, 9.17) is 20.7 Å².